The van der Waals surface area contributed by atoms with Gasteiger partial charge in [-0.3, -0.25) is 24.7 Å². The van der Waals surface area contributed by atoms with E-state index in [-0.39, 0.29) is 65.4 Å². The van der Waals surface area contributed by atoms with Crippen molar-refractivity contribution in [3.63, 3.8) is 0 Å². The van der Waals surface area contributed by atoms with Crippen molar-refractivity contribution in [2.75, 3.05) is 25.4 Å². The molecule has 0 radical (unpaired) electrons. The number of carbonyl (C=O) groups excluding carboxylic acids is 1. The zero-order chi connectivity index (χ0) is 50.0. The van der Waals surface area contributed by atoms with Gasteiger partial charge in [0.25, 0.3) is 0 Å². The molecule has 5 aliphatic rings. The highest BCUT2D eigenvalue weighted by molar-refractivity contribution is 5.82. The molecule has 8 N–H and O–H groups in total. The van der Waals surface area contributed by atoms with Crippen molar-refractivity contribution in [1.29, 1.82) is 0 Å². The van der Waals surface area contributed by atoms with E-state index in [0.717, 1.165) is 106 Å². The van der Waals surface area contributed by atoms with E-state index in [1.165, 1.54) is 23.5 Å². The molecule has 0 amide bonds. The number of pyridine rings is 2. The molecule has 16 nitrogen and oxygen atoms in total. The monoisotopic (exact) mass is 984 g/mol. The first kappa shape index (κ1) is 50.3. The Labute approximate surface area is 422 Å². The Bertz CT molecular complexity index is 2640. The van der Waals surface area contributed by atoms with Crippen LogP contribution in [0.15, 0.2) is 107 Å². The van der Waals surface area contributed by atoms with Gasteiger partial charge in [0.05, 0.1) is 24.4 Å². The SMILES string of the molecule is CCCCC[C@H](Cc1ccc(O)c(O[C@@H]2CCC[C@]3(C2)C[C@@H]([NH+]2C=C4N=CC=C4C2)NC(=NCCCc2ccnc(N)c2)N3)c1)[C@H]1C[C@@H](OC(C)=O)C[C@@H](c2cc(O)c(O)c(OCCc3cccnc3)c2)O1. The third-order valence-electron chi connectivity index (χ3n) is 14.8. The number of carbonyl (C=O) groups is 1. The van der Waals surface area contributed by atoms with Gasteiger partial charge in [-0.1, -0.05) is 38.3 Å². The van der Waals surface area contributed by atoms with Crippen LogP contribution in [-0.4, -0.2) is 93.1 Å². The number of aryl methyl sites for hydroxylation is 1. The molecular formula is C56H71N8O8+. The van der Waals surface area contributed by atoms with Gasteiger partial charge in [0.15, 0.2) is 35.1 Å². The second-order valence-corrected chi connectivity index (χ2v) is 20.3. The van der Waals surface area contributed by atoms with Gasteiger partial charge in [0.2, 0.25) is 5.75 Å². The van der Waals surface area contributed by atoms with Gasteiger partial charge in [0, 0.05) is 76.0 Å². The zero-order valence-electron chi connectivity index (χ0n) is 41.6. The summed E-state index contributed by atoms with van der Waals surface area (Å²) in [6, 6.07) is 16.6. The summed E-state index contributed by atoms with van der Waals surface area (Å²) < 4.78 is 25.7. The van der Waals surface area contributed by atoms with E-state index < -0.39 is 12.2 Å². The summed E-state index contributed by atoms with van der Waals surface area (Å²) in [7, 11) is 0. The normalized spacial score (nSPS) is 25.5. The maximum Gasteiger partial charge on any atom is 0.302 e. The van der Waals surface area contributed by atoms with Crippen molar-refractivity contribution in [3.8, 4) is 28.7 Å². The second-order valence-electron chi connectivity index (χ2n) is 20.3. The minimum absolute atomic E-state index is 0.0223. The maximum atomic E-state index is 12.5. The number of phenols is 3. The highest BCUT2D eigenvalue weighted by atomic mass is 16.6. The molecule has 1 saturated carbocycles. The van der Waals surface area contributed by atoms with Crippen molar-refractivity contribution in [3.05, 3.63) is 119 Å². The van der Waals surface area contributed by atoms with Crippen LogP contribution in [0.5, 0.6) is 28.7 Å². The van der Waals surface area contributed by atoms with Gasteiger partial charge in [-0.2, -0.15) is 0 Å². The minimum Gasteiger partial charge on any atom is -0.504 e. The molecule has 72 heavy (non-hydrogen) atoms. The Morgan fingerprint density at radius 1 is 0.986 bits per heavy atom. The van der Waals surface area contributed by atoms with Crippen LogP contribution in [0.3, 0.4) is 0 Å². The number of nitrogens with one attached hydrogen (secondary N) is 3. The van der Waals surface area contributed by atoms with Gasteiger partial charge in [-0.05, 0) is 122 Å². The predicted octanol–water partition coefficient (Wildman–Crippen LogP) is 7.10. The van der Waals surface area contributed by atoms with Gasteiger partial charge >= 0.3 is 5.97 Å². The van der Waals surface area contributed by atoms with Crippen molar-refractivity contribution >= 4 is 24.0 Å². The van der Waals surface area contributed by atoms with Crippen molar-refractivity contribution < 1.29 is 44.0 Å². The minimum atomic E-state index is -0.555. The number of fused-ring (bicyclic) bond motifs is 1. The molecule has 382 valence electrons. The number of ether oxygens (including phenoxy) is 4. The molecule has 0 bridgehead atoms. The first-order chi connectivity index (χ1) is 35.0. The Morgan fingerprint density at radius 3 is 2.71 bits per heavy atom. The molecule has 16 heteroatoms. The fourth-order valence-corrected chi connectivity index (χ4v) is 11.2. The molecule has 9 rings (SSSR count). The first-order valence-corrected chi connectivity index (χ1v) is 26.0. The molecule has 3 fully saturated rings. The lowest BCUT2D eigenvalue weighted by atomic mass is 9.76. The molecule has 4 aliphatic heterocycles. The van der Waals surface area contributed by atoms with E-state index >= 15 is 0 Å². The predicted molar refractivity (Wildman–Crippen MR) is 275 cm³/mol. The number of esters is 1. The van der Waals surface area contributed by atoms with E-state index in [2.05, 4.69) is 44.8 Å². The number of hydrogen-bond acceptors (Lipinski definition) is 13. The van der Waals surface area contributed by atoms with Crippen LogP contribution in [0.2, 0.25) is 0 Å². The number of allylic oxidation sites excluding steroid dienone is 1. The maximum absolute atomic E-state index is 12.5. The summed E-state index contributed by atoms with van der Waals surface area (Å²) in [4.78, 5) is 31.8. The second kappa shape index (κ2) is 23.3. The number of quaternary nitrogens is 1. The van der Waals surface area contributed by atoms with E-state index in [4.69, 9.17) is 29.7 Å². The number of nitrogens with two attached hydrogens (primary N) is 1. The third kappa shape index (κ3) is 12.9. The molecule has 8 atom stereocenters. The lowest BCUT2D eigenvalue weighted by Crippen LogP contribution is -3.14. The average molecular weight is 984 g/mol. The van der Waals surface area contributed by atoms with Crippen LogP contribution >= 0.6 is 0 Å². The summed E-state index contributed by atoms with van der Waals surface area (Å²) in [6.45, 7) is 5.37. The van der Waals surface area contributed by atoms with Crippen LogP contribution in [0, 0.1) is 5.92 Å². The van der Waals surface area contributed by atoms with E-state index in [1.54, 1.807) is 30.7 Å². The van der Waals surface area contributed by atoms with Gasteiger partial charge < -0.3 is 50.6 Å². The first-order valence-electron chi connectivity index (χ1n) is 26.0. The highest BCUT2D eigenvalue weighted by Gasteiger charge is 2.47. The van der Waals surface area contributed by atoms with Crippen LogP contribution in [0.4, 0.5) is 5.82 Å². The molecule has 2 aromatic carbocycles. The van der Waals surface area contributed by atoms with E-state index in [1.807, 2.05) is 42.6 Å². The number of benzene rings is 2. The molecule has 6 heterocycles. The van der Waals surface area contributed by atoms with E-state index in [9.17, 15) is 20.1 Å². The molecule has 1 spiro atoms. The molecule has 2 aromatic heterocycles. The standard InChI is InChI=1S/C56H70N8O8/c1-3-4-5-11-40(48-29-44(70-36(2)65)30-49(72-48)42-27-47(67)54(68)51(28-42)69-23-17-38-10-7-19-58-33-38)24-39-13-14-46(66)50(25-39)71-43-12-6-18-56(31-43)32-53(64-34-41-16-22-59-45(41)35-64)62-55(63-56)61-20-8-9-37-15-21-60-52(57)26-37/h7,10,13-16,19,21-22,25-28,33,35,40,43-44,48-49,53,66-68H,3-6,8-9,11-12,17-18,20,23-24,29-32,34H2,1-2H3,(H2,57,60)(H2,61,62,63)/p+1/t40-,43-,44-,48-,49+,53-,56+/m1/s1. The number of anilines is 1. The summed E-state index contributed by atoms with van der Waals surface area (Å²) in [6.07, 6.45) is 22.2. The lowest BCUT2D eigenvalue weighted by molar-refractivity contribution is -0.869. The fraction of sp³-hybridized carbons (Fsp3) is 0.482. The Morgan fingerprint density at radius 2 is 1.89 bits per heavy atom. The van der Waals surface area contributed by atoms with Crippen LogP contribution in [0.1, 0.15) is 119 Å². The van der Waals surface area contributed by atoms with Gasteiger partial charge in [0.1, 0.15) is 36.5 Å². The number of guanidine groups is 1. The molecule has 2 saturated heterocycles. The number of rotatable bonds is 20. The number of nitrogens with zero attached hydrogens (tertiary/aromatic N) is 4. The quantitative estimate of drug-likeness (QED) is 0.0267. The number of nitrogen functional groups attached to an aromatic ring is 1. The lowest BCUT2D eigenvalue weighted by Gasteiger charge is -2.47. The highest BCUT2D eigenvalue weighted by Crippen LogP contribution is 2.44. The van der Waals surface area contributed by atoms with Crippen molar-refractivity contribution in [1.82, 2.24) is 20.6 Å². The van der Waals surface area contributed by atoms with Crippen LogP contribution in [-0.2, 0) is 33.5 Å². The third-order valence-corrected chi connectivity index (χ3v) is 14.8. The molecule has 1 unspecified atom stereocenters. The Balaban J connectivity index is 0.904. The molecule has 4 aromatic rings. The number of phenolic OH excluding ortho intramolecular Hbond substituents is 3. The number of aromatic nitrogens is 2. The number of aliphatic imine (C=N–C) groups is 2. The van der Waals surface area contributed by atoms with E-state index in [0.29, 0.717) is 49.4 Å². The number of hydrogen-bond donors (Lipinski definition) is 7. The summed E-state index contributed by atoms with van der Waals surface area (Å²) >= 11 is 0. The topological polar surface area (TPSA) is 220 Å². The Hall–Kier alpha value is -6.65. The number of aromatic hydroxyl groups is 3. The molecular weight excluding hydrogens is 913 g/mol. The summed E-state index contributed by atoms with van der Waals surface area (Å²) in [5, 5.41) is 40.8. The summed E-state index contributed by atoms with van der Waals surface area (Å²) in [5.41, 5.74) is 11.7. The number of unbranched alkanes of at least 4 members (excludes halogenated alkanes) is 2. The largest absolute Gasteiger partial charge is 0.504 e. The van der Waals surface area contributed by atoms with Crippen LogP contribution in [0.25, 0.3) is 0 Å². The van der Waals surface area contributed by atoms with Crippen molar-refractivity contribution in [2.45, 2.75) is 146 Å². The van der Waals surface area contributed by atoms with Crippen molar-refractivity contribution in [2.24, 2.45) is 15.9 Å². The molecule has 1 aliphatic carbocycles. The zero-order valence-corrected chi connectivity index (χ0v) is 41.6. The fourth-order valence-electron chi connectivity index (χ4n) is 11.2. The van der Waals surface area contributed by atoms with Crippen LogP contribution < -0.4 is 30.7 Å². The average Bonchev–Trinajstić information content (AvgIpc) is 3.99. The summed E-state index contributed by atoms with van der Waals surface area (Å²) in [5.74, 6) is 1.02. The smallest absolute Gasteiger partial charge is 0.302 e. The van der Waals surface area contributed by atoms with Gasteiger partial charge in [-0.25, -0.2) is 4.98 Å². The Kier molecular flexibility index (Phi) is 16.3. The van der Waals surface area contributed by atoms with Gasteiger partial charge in [-0.15, -0.1) is 0 Å².